The quantitative estimate of drug-likeness (QED) is 0.635. The van der Waals surface area contributed by atoms with Crippen molar-refractivity contribution in [2.75, 3.05) is 13.1 Å². The van der Waals surface area contributed by atoms with E-state index in [-0.39, 0.29) is 18.4 Å². The molecule has 1 saturated heterocycles. The van der Waals surface area contributed by atoms with Crippen LogP contribution in [0.1, 0.15) is 52.0 Å². The van der Waals surface area contributed by atoms with Crippen LogP contribution in [0.25, 0.3) is 0 Å². The zero-order chi connectivity index (χ0) is 22.8. The van der Waals surface area contributed by atoms with Gasteiger partial charge in [-0.25, -0.2) is 4.68 Å². The van der Waals surface area contributed by atoms with Crippen LogP contribution in [0.15, 0.2) is 42.6 Å². The molecule has 1 atom stereocenters. The van der Waals surface area contributed by atoms with E-state index in [1.807, 2.05) is 40.9 Å². The Hall–Kier alpha value is -3.53. The van der Waals surface area contributed by atoms with Gasteiger partial charge in [0.2, 0.25) is 0 Å². The minimum Gasteiger partial charge on any atom is -0.365 e. The average Bonchev–Trinajstić information content (AvgIpc) is 3.49. The van der Waals surface area contributed by atoms with Crippen molar-refractivity contribution < 1.29 is 14.3 Å². The fourth-order valence-electron chi connectivity index (χ4n) is 4.52. The maximum Gasteiger partial charge on any atom is 0.274 e. The Kier molecular flexibility index (Phi) is 5.67. The summed E-state index contributed by atoms with van der Waals surface area (Å²) in [7, 11) is 0. The standard InChI is InChI=1S/C23H27N7O3/c1-2-29-12-9-18(26-29)22(32)28-11-6-10-23(15-28)16-30-20(14-33-23)19(25-27-30)13-24-21(31)17-7-4-3-5-8-17/h3-5,7-9,12H,2,6,10-11,13-16H2,1H3,(H,24,31). The molecule has 3 aromatic rings. The Labute approximate surface area is 191 Å². The van der Waals surface area contributed by atoms with Gasteiger partial charge in [-0.2, -0.15) is 5.10 Å². The fraction of sp³-hybridized carbons (Fsp3) is 0.435. The highest BCUT2D eigenvalue weighted by Gasteiger charge is 2.42. The molecular formula is C23H27N7O3. The first kappa shape index (κ1) is 21.3. The molecule has 0 bridgehead atoms. The number of nitrogens with zero attached hydrogens (tertiary/aromatic N) is 6. The lowest BCUT2D eigenvalue weighted by Gasteiger charge is -2.44. The molecule has 5 rings (SSSR count). The van der Waals surface area contributed by atoms with Crippen molar-refractivity contribution in [3.05, 3.63) is 65.2 Å². The lowest BCUT2D eigenvalue weighted by Crippen LogP contribution is -2.55. The van der Waals surface area contributed by atoms with Crippen LogP contribution < -0.4 is 5.32 Å². The Morgan fingerprint density at radius 1 is 1.18 bits per heavy atom. The molecule has 1 aromatic carbocycles. The molecule has 2 amide bonds. The fourth-order valence-corrected chi connectivity index (χ4v) is 4.52. The number of hydrogen-bond acceptors (Lipinski definition) is 6. The number of piperidine rings is 1. The first-order valence-corrected chi connectivity index (χ1v) is 11.3. The lowest BCUT2D eigenvalue weighted by atomic mass is 9.91. The van der Waals surface area contributed by atoms with Gasteiger partial charge in [0.25, 0.3) is 11.8 Å². The van der Waals surface area contributed by atoms with Crippen LogP contribution in [0, 0.1) is 0 Å². The van der Waals surface area contributed by atoms with E-state index in [9.17, 15) is 9.59 Å². The van der Waals surface area contributed by atoms with Crippen LogP contribution in [0.3, 0.4) is 0 Å². The van der Waals surface area contributed by atoms with Gasteiger partial charge < -0.3 is 15.0 Å². The maximum absolute atomic E-state index is 13.0. The molecule has 0 radical (unpaired) electrons. The highest BCUT2D eigenvalue weighted by atomic mass is 16.5. The number of ether oxygens (including phenoxy) is 1. The topological polar surface area (TPSA) is 107 Å². The number of nitrogens with one attached hydrogen (secondary N) is 1. The van der Waals surface area contributed by atoms with Crippen molar-refractivity contribution in [1.29, 1.82) is 0 Å². The highest BCUT2D eigenvalue weighted by molar-refractivity contribution is 5.94. The summed E-state index contributed by atoms with van der Waals surface area (Å²) < 4.78 is 9.94. The van der Waals surface area contributed by atoms with E-state index in [0.717, 1.165) is 25.1 Å². The largest absolute Gasteiger partial charge is 0.365 e. The Morgan fingerprint density at radius 2 is 2.03 bits per heavy atom. The van der Waals surface area contributed by atoms with Gasteiger partial charge in [-0.15, -0.1) is 5.10 Å². The average molecular weight is 450 g/mol. The zero-order valence-electron chi connectivity index (χ0n) is 18.6. The molecule has 172 valence electrons. The smallest absolute Gasteiger partial charge is 0.274 e. The highest BCUT2D eigenvalue weighted by Crippen LogP contribution is 2.32. The van der Waals surface area contributed by atoms with Gasteiger partial charge in [0.1, 0.15) is 17.0 Å². The second-order valence-electron chi connectivity index (χ2n) is 8.55. The van der Waals surface area contributed by atoms with Crippen LogP contribution >= 0.6 is 0 Å². The number of amides is 2. The van der Waals surface area contributed by atoms with Crippen molar-refractivity contribution in [3.63, 3.8) is 0 Å². The molecule has 2 aromatic heterocycles. The predicted molar refractivity (Wildman–Crippen MR) is 118 cm³/mol. The molecule has 1 spiro atoms. The van der Waals surface area contributed by atoms with Crippen molar-refractivity contribution in [3.8, 4) is 0 Å². The number of benzene rings is 1. The molecule has 1 fully saturated rings. The number of hydrogen-bond donors (Lipinski definition) is 1. The van der Waals surface area contributed by atoms with E-state index in [0.29, 0.717) is 43.2 Å². The SMILES string of the molecule is CCn1ccc(C(=O)N2CCCC3(C2)Cn2nnc(CNC(=O)c4ccccc4)c2CO3)n1. The molecule has 0 aliphatic carbocycles. The van der Waals surface area contributed by atoms with Crippen molar-refractivity contribution in [2.24, 2.45) is 0 Å². The lowest BCUT2D eigenvalue weighted by molar-refractivity contribution is -0.122. The minimum absolute atomic E-state index is 0.0708. The minimum atomic E-state index is -0.494. The van der Waals surface area contributed by atoms with Crippen molar-refractivity contribution >= 4 is 11.8 Å². The first-order chi connectivity index (χ1) is 16.1. The summed E-state index contributed by atoms with van der Waals surface area (Å²) in [5.41, 5.74) is 2.13. The molecule has 1 N–H and O–H groups in total. The van der Waals surface area contributed by atoms with Crippen LogP contribution in [-0.2, 0) is 31.0 Å². The summed E-state index contributed by atoms with van der Waals surface area (Å²) in [6.45, 7) is 5.04. The van der Waals surface area contributed by atoms with Crippen LogP contribution in [0.5, 0.6) is 0 Å². The van der Waals surface area contributed by atoms with Gasteiger partial charge in [-0.05, 0) is 38.0 Å². The van der Waals surface area contributed by atoms with E-state index in [2.05, 4.69) is 20.7 Å². The van der Waals surface area contributed by atoms with E-state index in [4.69, 9.17) is 4.74 Å². The second kappa shape index (κ2) is 8.78. The zero-order valence-corrected chi connectivity index (χ0v) is 18.6. The maximum atomic E-state index is 13.0. The van der Waals surface area contributed by atoms with Crippen molar-refractivity contribution in [1.82, 2.24) is 35.0 Å². The number of aromatic nitrogens is 5. The molecular weight excluding hydrogens is 422 g/mol. The Balaban J connectivity index is 1.25. The van der Waals surface area contributed by atoms with E-state index < -0.39 is 5.60 Å². The van der Waals surface area contributed by atoms with Gasteiger partial charge in [0.15, 0.2) is 0 Å². The third-order valence-electron chi connectivity index (χ3n) is 6.33. The summed E-state index contributed by atoms with van der Waals surface area (Å²) >= 11 is 0. The molecule has 4 heterocycles. The number of rotatable bonds is 5. The summed E-state index contributed by atoms with van der Waals surface area (Å²) in [6.07, 6.45) is 3.52. The summed E-state index contributed by atoms with van der Waals surface area (Å²) in [4.78, 5) is 27.2. The van der Waals surface area contributed by atoms with Crippen LogP contribution in [0.4, 0.5) is 0 Å². The first-order valence-electron chi connectivity index (χ1n) is 11.3. The normalized spacial score (nSPS) is 20.0. The van der Waals surface area contributed by atoms with Crippen LogP contribution in [0.2, 0.25) is 0 Å². The molecule has 2 aliphatic heterocycles. The summed E-state index contributed by atoms with van der Waals surface area (Å²) in [5.74, 6) is -0.226. The van der Waals surface area contributed by atoms with E-state index >= 15 is 0 Å². The van der Waals surface area contributed by atoms with E-state index in [1.54, 1.807) is 22.9 Å². The Bertz CT molecular complexity index is 1160. The van der Waals surface area contributed by atoms with Gasteiger partial charge in [0, 0.05) is 24.8 Å². The number of likely N-dealkylation sites (tertiary alicyclic amines) is 1. The van der Waals surface area contributed by atoms with Crippen molar-refractivity contribution in [2.45, 2.75) is 51.6 Å². The van der Waals surface area contributed by atoms with Gasteiger partial charge in [0.05, 0.1) is 31.9 Å². The van der Waals surface area contributed by atoms with Crippen LogP contribution in [-0.4, -0.2) is 60.2 Å². The van der Waals surface area contributed by atoms with Gasteiger partial charge in [-0.1, -0.05) is 23.4 Å². The number of carbonyl (C=O) groups excluding carboxylic acids is 2. The monoisotopic (exact) mass is 449 g/mol. The molecule has 2 aliphatic rings. The van der Waals surface area contributed by atoms with Gasteiger partial charge >= 0.3 is 0 Å². The predicted octanol–water partition coefficient (Wildman–Crippen LogP) is 1.63. The molecule has 10 heteroatoms. The number of fused-ring (bicyclic) bond motifs is 1. The molecule has 33 heavy (non-hydrogen) atoms. The number of carbonyl (C=O) groups is 2. The number of aryl methyl sites for hydroxylation is 1. The molecule has 1 unspecified atom stereocenters. The second-order valence-corrected chi connectivity index (χ2v) is 8.55. The summed E-state index contributed by atoms with van der Waals surface area (Å²) in [6, 6.07) is 10.8. The Morgan fingerprint density at radius 3 is 2.82 bits per heavy atom. The molecule has 10 nitrogen and oxygen atoms in total. The summed E-state index contributed by atoms with van der Waals surface area (Å²) in [5, 5.41) is 15.8. The molecule has 0 saturated carbocycles. The third kappa shape index (κ3) is 4.25. The van der Waals surface area contributed by atoms with E-state index in [1.165, 1.54) is 0 Å². The third-order valence-corrected chi connectivity index (χ3v) is 6.33. The van der Waals surface area contributed by atoms with Gasteiger partial charge in [-0.3, -0.25) is 14.3 Å².